The first-order valence-electron chi connectivity index (χ1n) is 8.54. The van der Waals surface area contributed by atoms with Crippen molar-refractivity contribution in [3.63, 3.8) is 0 Å². The molecule has 7 heteroatoms. The lowest BCUT2D eigenvalue weighted by Gasteiger charge is -2.16. The molecule has 2 aromatic heterocycles. The maximum Gasteiger partial charge on any atom is 0.235 e. The lowest BCUT2D eigenvalue weighted by atomic mass is 10.0. The van der Waals surface area contributed by atoms with Crippen LogP contribution in [0, 0.1) is 20.8 Å². The van der Waals surface area contributed by atoms with Gasteiger partial charge >= 0.3 is 0 Å². The van der Waals surface area contributed by atoms with Gasteiger partial charge in [-0.1, -0.05) is 18.2 Å². The molecule has 0 saturated carbocycles. The summed E-state index contributed by atoms with van der Waals surface area (Å²) in [5, 5.41) is 12.4. The molecule has 26 heavy (non-hydrogen) atoms. The highest BCUT2D eigenvalue weighted by Gasteiger charge is 2.33. The van der Waals surface area contributed by atoms with Gasteiger partial charge in [0.15, 0.2) is 0 Å². The quantitative estimate of drug-likeness (QED) is 0.755. The van der Waals surface area contributed by atoms with E-state index in [9.17, 15) is 4.79 Å². The molecule has 134 valence electrons. The Kier molecular flexibility index (Phi) is 4.11. The zero-order valence-corrected chi connectivity index (χ0v) is 16.1. The van der Waals surface area contributed by atoms with E-state index in [1.165, 1.54) is 5.56 Å². The van der Waals surface area contributed by atoms with Crippen LogP contribution in [-0.4, -0.2) is 31.2 Å². The number of anilines is 1. The van der Waals surface area contributed by atoms with Gasteiger partial charge in [0.2, 0.25) is 5.91 Å². The molecule has 0 aliphatic carbocycles. The van der Waals surface area contributed by atoms with Crippen molar-refractivity contribution >= 4 is 23.5 Å². The zero-order valence-electron chi connectivity index (χ0n) is 15.3. The Morgan fingerprint density at radius 1 is 1.08 bits per heavy atom. The summed E-state index contributed by atoms with van der Waals surface area (Å²) in [6.07, 6.45) is 0. The first-order valence-corrected chi connectivity index (χ1v) is 9.58. The maximum atomic E-state index is 12.4. The average Bonchev–Trinajstić information content (AvgIpc) is 2.99. The number of carbonyl (C=O) groups is 1. The Labute approximate surface area is 156 Å². The summed E-state index contributed by atoms with van der Waals surface area (Å²) in [5.74, 6) is 1.16. The summed E-state index contributed by atoms with van der Waals surface area (Å²) in [7, 11) is 1.96. The molecule has 1 aliphatic rings. The number of carbonyl (C=O) groups excluding carboxylic acids is 1. The summed E-state index contributed by atoms with van der Waals surface area (Å²) < 4.78 is 3.74. The second-order valence-corrected chi connectivity index (χ2v) is 7.64. The Balaban J connectivity index is 1.94. The number of hydrogen-bond donors (Lipinski definition) is 1. The van der Waals surface area contributed by atoms with Gasteiger partial charge in [0, 0.05) is 23.9 Å². The zero-order chi connectivity index (χ0) is 18.4. The van der Waals surface area contributed by atoms with Crippen molar-refractivity contribution in [1.82, 2.24) is 19.6 Å². The molecule has 0 fully saturated rings. The van der Waals surface area contributed by atoms with Crippen LogP contribution in [0.1, 0.15) is 33.5 Å². The molecule has 1 aliphatic heterocycles. The van der Waals surface area contributed by atoms with Crippen molar-refractivity contribution < 1.29 is 4.79 Å². The van der Waals surface area contributed by atoms with Crippen molar-refractivity contribution in [3.05, 3.63) is 58.5 Å². The van der Waals surface area contributed by atoms with E-state index >= 15 is 0 Å². The fraction of sp³-hybridized carbons (Fsp3) is 0.316. The van der Waals surface area contributed by atoms with Crippen molar-refractivity contribution in [3.8, 4) is 5.69 Å². The third kappa shape index (κ3) is 2.63. The van der Waals surface area contributed by atoms with E-state index in [1.807, 2.05) is 60.6 Å². The average molecular weight is 367 g/mol. The van der Waals surface area contributed by atoms with Crippen LogP contribution in [0.2, 0.25) is 0 Å². The molecule has 0 unspecified atom stereocenters. The summed E-state index contributed by atoms with van der Waals surface area (Å²) >= 11 is 1.63. The number of thioether (sulfide) groups is 1. The van der Waals surface area contributed by atoms with Crippen LogP contribution in [0.25, 0.3) is 5.69 Å². The number of hydrogen-bond acceptors (Lipinski definition) is 4. The molecule has 0 spiro atoms. The van der Waals surface area contributed by atoms with Crippen LogP contribution < -0.4 is 5.32 Å². The minimum Gasteiger partial charge on any atom is -0.310 e. The lowest BCUT2D eigenvalue weighted by Crippen LogP contribution is -2.15. The first-order chi connectivity index (χ1) is 12.5. The highest BCUT2D eigenvalue weighted by molar-refractivity contribution is 8.00. The Morgan fingerprint density at radius 3 is 2.42 bits per heavy atom. The van der Waals surface area contributed by atoms with E-state index in [0.29, 0.717) is 5.75 Å². The minimum absolute atomic E-state index is 0.00460. The number of benzene rings is 1. The van der Waals surface area contributed by atoms with E-state index in [2.05, 4.69) is 17.3 Å². The molecule has 1 atom stereocenters. The van der Waals surface area contributed by atoms with Crippen molar-refractivity contribution in [2.75, 3.05) is 11.1 Å². The van der Waals surface area contributed by atoms with Crippen LogP contribution in [-0.2, 0) is 11.8 Å². The van der Waals surface area contributed by atoms with Gasteiger partial charge in [0.25, 0.3) is 0 Å². The predicted molar refractivity (Wildman–Crippen MR) is 104 cm³/mol. The number of para-hydroxylation sites is 1. The Morgan fingerprint density at radius 2 is 1.77 bits per heavy atom. The molecule has 0 saturated heterocycles. The van der Waals surface area contributed by atoms with Crippen LogP contribution >= 0.6 is 11.8 Å². The maximum absolute atomic E-state index is 12.4. The van der Waals surface area contributed by atoms with E-state index in [-0.39, 0.29) is 11.2 Å². The summed E-state index contributed by atoms with van der Waals surface area (Å²) in [5.41, 5.74) is 6.20. The number of aryl methyl sites for hydroxylation is 3. The predicted octanol–water partition coefficient (Wildman–Crippen LogP) is 3.31. The topological polar surface area (TPSA) is 64.7 Å². The number of aromatic nitrogens is 4. The van der Waals surface area contributed by atoms with Crippen molar-refractivity contribution in [2.24, 2.45) is 7.05 Å². The molecule has 6 nitrogen and oxygen atoms in total. The van der Waals surface area contributed by atoms with E-state index in [0.717, 1.165) is 34.2 Å². The Bertz CT molecular complexity index is 989. The monoisotopic (exact) mass is 367 g/mol. The Hall–Kier alpha value is -2.54. The number of amides is 1. The SMILES string of the molecule is Cc1nn(C)c(C)c1[C@H]1SCC(=O)Nc2c1c(C)nn2-c1ccccc1. The van der Waals surface area contributed by atoms with Gasteiger partial charge in [0.05, 0.1) is 28.1 Å². The molecule has 4 rings (SSSR count). The van der Waals surface area contributed by atoms with Crippen LogP contribution in [0.5, 0.6) is 0 Å². The first kappa shape index (κ1) is 16.9. The van der Waals surface area contributed by atoms with E-state index < -0.39 is 0 Å². The molecule has 1 amide bonds. The number of nitrogens with one attached hydrogen (secondary N) is 1. The van der Waals surface area contributed by atoms with Gasteiger partial charge in [0.1, 0.15) is 5.82 Å². The number of rotatable bonds is 2. The second-order valence-electron chi connectivity index (χ2n) is 6.54. The van der Waals surface area contributed by atoms with Crippen LogP contribution in [0.4, 0.5) is 5.82 Å². The fourth-order valence-electron chi connectivity index (χ4n) is 3.54. The van der Waals surface area contributed by atoms with Gasteiger partial charge in [-0.15, -0.1) is 11.8 Å². The lowest BCUT2D eigenvalue weighted by molar-refractivity contribution is -0.113. The summed E-state index contributed by atoms with van der Waals surface area (Å²) in [6.45, 7) is 6.11. The van der Waals surface area contributed by atoms with Gasteiger partial charge < -0.3 is 5.32 Å². The van der Waals surface area contributed by atoms with Crippen LogP contribution in [0.15, 0.2) is 30.3 Å². The van der Waals surface area contributed by atoms with Gasteiger partial charge in [-0.3, -0.25) is 9.48 Å². The number of fused-ring (bicyclic) bond motifs is 1. The van der Waals surface area contributed by atoms with Crippen molar-refractivity contribution in [2.45, 2.75) is 26.0 Å². The third-order valence-corrected chi connectivity index (χ3v) is 6.07. The van der Waals surface area contributed by atoms with Crippen LogP contribution in [0.3, 0.4) is 0 Å². The second kappa shape index (κ2) is 6.32. The molecule has 0 bridgehead atoms. The fourth-order valence-corrected chi connectivity index (χ4v) is 4.88. The van der Waals surface area contributed by atoms with Gasteiger partial charge in [-0.25, -0.2) is 4.68 Å². The normalized spacial score (nSPS) is 16.9. The molecule has 3 heterocycles. The number of nitrogens with zero attached hydrogens (tertiary/aromatic N) is 4. The molecule has 0 radical (unpaired) electrons. The van der Waals surface area contributed by atoms with Gasteiger partial charge in [-0.2, -0.15) is 10.2 Å². The summed E-state index contributed by atoms with van der Waals surface area (Å²) in [4.78, 5) is 12.4. The molecule has 3 aromatic rings. The van der Waals surface area contributed by atoms with E-state index in [1.54, 1.807) is 11.8 Å². The largest absolute Gasteiger partial charge is 0.310 e. The molecule has 1 aromatic carbocycles. The standard InChI is InChI=1S/C19H21N5OS/c1-11-16(13(3)23(4)21-11)18-17-12(2)22-24(14-8-6-5-7-9-14)19(17)20-15(25)10-26-18/h5-9,18H,10H2,1-4H3,(H,20,25)/t18-/m1/s1. The smallest absolute Gasteiger partial charge is 0.235 e. The third-order valence-electron chi connectivity index (χ3n) is 4.84. The molecular weight excluding hydrogens is 346 g/mol. The van der Waals surface area contributed by atoms with E-state index in [4.69, 9.17) is 5.10 Å². The minimum atomic E-state index is -0.00460. The van der Waals surface area contributed by atoms with Gasteiger partial charge in [-0.05, 0) is 32.9 Å². The highest BCUT2D eigenvalue weighted by atomic mass is 32.2. The molecule has 1 N–H and O–H groups in total. The highest BCUT2D eigenvalue weighted by Crippen LogP contribution is 2.45. The summed E-state index contributed by atoms with van der Waals surface area (Å²) in [6, 6.07) is 9.90. The van der Waals surface area contributed by atoms with Crippen molar-refractivity contribution in [1.29, 1.82) is 0 Å². The molecular formula is C19H21N5OS.